The molecular formula is C13H14BrN3. The number of nitrogens with zero attached hydrogens (tertiary/aromatic N) is 1. The van der Waals surface area contributed by atoms with Crippen LogP contribution in [0.15, 0.2) is 47.1 Å². The highest BCUT2D eigenvalue weighted by atomic mass is 79.9. The zero-order valence-corrected chi connectivity index (χ0v) is 11.1. The summed E-state index contributed by atoms with van der Waals surface area (Å²) in [6, 6.07) is 12.0. The number of pyridine rings is 1. The Morgan fingerprint density at radius 3 is 2.47 bits per heavy atom. The van der Waals surface area contributed by atoms with E-state index in [4.69, 9.17) is 5.73 Å². The first-order chi connectivity index (χ1) is 8.15. The monoisotopic (exact) mass is 291 g/mol. The van der Waals surface area contributed by atoms with E-state index >= 15 is 0 Å². The van der Waals surface area contributed by atoms with Gasteiger partial charge in [-0.1, -0.05) is 12.1 Å². The number of rotatable bonds is 3. The smallest absolute Gasteiger partial charge is 0.126 e. The summed E-state index contributed by atoms with van der Waals surface area (Å²) in [4.78, 5) is 4.28. The quantitative estimate of drug-likeness (QED) is 0.850. The number of anilines is 2. The van der Waals surface area contributed by atoms with Crippen LogP contribution in [0, 0.1) is 0 Å². The van der Waals surface area contributed by atoms with E-state index in [0.29, 0.717) is 0 Å². The van der Waals surface area contributed by atoms with Crippen molar-refractivity contribution in [3.05, 3.63) is 52.6 Å². The van der Waals surface area contributed by atoms with Crippen LogP contribution in [-0.2, 0) is 0 Å². The van der Waals surface area contributed by atoms with Crippen LogP contribution in [0.2, 0.25) is 0 Å². The third-order valence-electron chi connectivity index (χ3n) is 2.53. The molecule has 0 aliphatic heterocycles. The van der Waals surface area contributed by atoms with Gasteiger partial charge in [-0.2, -0.15) is 0 Å². The molecule has 2 rings (SSSR count). The van der Waals surface area contributed by atoms with Crippen LogP contribution in [0.1, 0.15) is 18.5 Å². The van der Waals surface area contributed by atoms with Gasteiger partial charge in [0, 0.05) is 22.4 Å². The molecule has 0 fully saturated rings. The molecule has 4 heteroatoms. The standard InChI is InChI=1S/C13H14BrN3/c1-9(10-2-5-12(15)6-3-10)17-13-7-4-11(14)8-16-13/h2-9H,15H2,1H3,(H,16,17). The second-order valence-electron chi connectivity index (χ2n) is 3.89. The summed E-state index contributed by atoms with van der Waals surface area (Å²) in [5.41, 5.74) is 7.62. The fraction of sp³-hybridized carbons (Fsp3) is 0.154. The molecule has 0 saturated carbocycles. The molecule has 88 valence electrons. The van der Waals surface area contributed by atoms with E-state index in [1.54, 1.807) is 6.20 Å². The molecule has 17 heavy (non-hydrogen) atoms. The summed E-state index contributed by atoms with van der Waals surface area (Å²) in [6.45, 7) is 2.09. The Balaban J connectivity index is 2.08. The van der Waals surface area contributed by atoms with Crippen LogP contribution in [0.3, 0.4) is 0 Å². The van der Waals surface area contributed by atoms with Crippen molar-refractivity contribution in [1.29, 1.82) is 0 Å². The first-order valence-electron chi connectivity index (χ1n) is 5.38. The number of nitrogens with two attached hydrogens (primary N) is 1. The highest BCUT2D eigenvalue weighted by molar-refractivity contribution is 9.10. The number of hydrogen-bond acceptors (Lipinski definition) is 3. The van der Waals surface area contributed by atoms with Crippen molar-refractivity contribution in [2.45, 2.75) is 13.0 Å². The van der Waals surface area contributed by atoms with Crippen molar-refractivity contribution < 1.29 is 0 Å². The molecule has 1 aromatic carbocycles. The molecule has 2 aromatic rings. The lowest BCUT2D eigenvalue weighted by atomic mass is 10.1. The number of hydrogen-bond donors (Lipinski definition) is 2. The van der Waals surface area contributed by atoms with Crippen LogP contribution in [0.25, 0.3) is 0 Å². The lowest BCUT2D eigenvalue weighted by Gasteiger charge is -2.15. The van der Waals surface area contributed by atoms with Crippen LogP contribution < -0.4 is 11.1 Å². The summed E-state index contributed by atoms with van der Waals surface area (Å²) in [5.74, 6) is 0.859. The number of benzene rings is 1. The van der Waals surface area contributed by atoms with Crippen molar-refractivity contribution >= 4 is 27.4 Å². The van der Waals surface area contributed by atoms with Gasteiger partial charge in [-0.15, -0.1) is 0 Å². The fourth-order valence-electron chi connectivity index (χ4n) is 1.55. The van der Waals surface area contributed by atoms with Gasteiger partial charge in [-0.25, -0.2) is 4.98 Å². The lowest BCUT2D eigenvalue weighted by molar-refractivity contribution is 0.875. The Bertz CT molecular complexity index is 479. The van der Waals surface area contributed by atoms with E-state index in [1.165, 1.54) is 5.56 Å². The van der Waals surface area contributed by atoms with Gasteiger partial charge >= 0.3 is 0 Å². The zero-order valence-electron chi connectivity index (χ0n) is 9.52. The zero-order chi connectivity index (χ0) is 12.3. The van der Waals surface area contributed by atoms with Crippen molar-refractivity contribution in [1.82, 2.24) is 4.98 Å². The molecule has 3 nitrogen and oxygen atoms in total. The summed E-state index contributed by atoms with van der Waals surface area (Å²) in [6.07, 6.45) is 1.78. The third-order valence-corrected chi connectivity index (χ3v) is 3.00. The van der Waals surface area contributed by atoms with Crippen molar-refractivity contribution in [2.75, 3.05) is 11.1 Å². The first kappa shape index (κ1) is 11.9. The van der Waals surface area contributed by atoms with Gasteiger partial charge in [0.15, 0.2) is 0 Å². The Hall–Kier alpha value is -1.55. The summed E-state index contributed by atoms with van der Waals surface area (Å²) in [7, 11) is 0. The molecule has 0 aliphatic carbocycles. The van der Waals surface area contributed by atoms with Crippen LogP contribution >= 0.6 is 15.9 Å². The van der Waals surface area contributed by atoms with Gasteiger partial charge in [-0.05, 0) is 52.7 Å². The second-order valence-corrected chi connectivity index (χ2v) is 4.81. The van der Waals surface area contributed by atoms with Crippen molar-refractivity contribution in [2.24, 2.45) is 0 Å². The first-order valence-corrected chi connectivity index (χ1v) is 6.18. The number of nitrogens with one attached hydrogen (secondary N) is 1. The van der Waals surface area contributed by atoms with Crippen molar-refractivity contribution in [3.63, 3.8) is 0 Å². The average Bonchev–Trinajstić information content (AvgIpc) is 2.33. The molecule has 0 bridgehead atoms. The molecular weight excluding hydrogens is 278 g/mol. The second kappa shape index (κ2) is 5.19. The van der Waals surface area contributed by atoms with E-state index < -0.39 is 0 Å². The van der Waals surface area contributed by atoms with Crippen molar-refractivity contribution in [3.8, 4) is 0 Å². The minimum Gasteiger partial charge on any atom is -0.399 e. The molecule has 1 unspecified atom stereocenters. The molecule has 0 spiro atoms. The molecule has 3 N–H and O–H groups in total. The van der Waals surface area contributed by atoms with Gasteiger partial charge in [-0.3, -0.25) is 0 Å². The van der Waals surface area contributed by atoms with E-state index in [9.17, 15) is 0 Å². The molecule has 0 radical (unpaired) electrons. The number of nitrogen functional groups attached to an aromatic ring is 1. The maximum Gasteiger partial charge on any atom is 0.126 e. The summed E-state index contributed by atoms with van der Waals surface area (Å²) >= 11 is 3.36. The van der Waals surface area contributed by atoms with Gasteiger partial charge < -0.3 is 11.1 Å². The van der Waals surface area contributed by atoms with Crippen LogP contribution in [0.4, 0.5) is 11.5 Å². The predicted octanol–water partition coefficient (Wildman–Crippen LogP) is 3.60. The maximum atomic E-state index is 5.66. The third kappa shape index (κ3) is 3.20. The van der Waals surface area contributed by atoms with Gasteiger partial charge in [0.1, 0.15) is 5.82 Å². The van der Waals surface area contributed by atoms with E-state index in [2.05, 4.69) is 33.2 Å². The molecule has 1 heterocycles. The molecule has 1 aromatic heterocycles. The topological polar surface area (TPSA) is 50.9 Å². The number of halogens is 1. The average molecular weight is 292 g/mol. The molecule has 0 aliphatic rings. The maximum absolute atomic E-state index is 5.66. The minimum atomic E-state index is 0.198. The summed E-state index contributed by atoms with van der Waals surface area (Å²) < 4.78 is 0.975. The highest BCUT2D eigenvalue weighted by Crippen LogP contribution is 2.19. The van der Waals surface area contributed by atoms with Crippen LogP contribution in [0.5, 0.6) is 0 Å². The van der Waals surface area contributed by atoms with Gasteiger partial charge in [0.05, 0.1) is 0 Å². The Morgan fingerprint density at radius 2 is 1.88 bits per heavy atom. The summed E-state index contributed by atoms with van der Waals surface area (Å²) in [5, 5.41) is 3.33. The van der Waals surface area contributed by atoms with Crippen LogP contribution in [-0.4, -0.2) is 4.98 Å². The number of aromatic nitrogens is 1. The van der Waals surface area contributed by atoms with E-state index in [0.717, 1.165) is 16.0 Å². The SMILES string of the molecule is CC(Nc1ccc(Br)cn1)c1ccc(N)cc1. The minimum absolute atomic E-state index is 0.198. The van der Waals surface area contributed by atoms with Gasteiger partial charge in [0.2, 0.25) is 0 Å². The van der Waals surface area contributed by atoms with E-state index in [1.807, 2.05) is 36.4 Å². The molecule has 0 amide bonds. The highest BCUT2D eigenvalue weighted by Gasteiger charge is 2.05. The van der Waals surface area contributed by atoms with Gasteiger partial charge in [0.25, 0.3) is 0 Å². The van der Waals surface area contributed by atoms with E-state index in [-0.39, 0.29) is 6.04 Å². The Labute approximate surface area is 109 Å². The lowest BCUT2D eigenvalue weighted by Crippen LogP contribution is -2.07. The molecule has 1 atom stereocenters. The Kier molecular flexibility index (Phi) is 3.64. The predicted molar refractivity (Wildman–Crippen MR) is 74.8 cm³/mol. The molecule has 0 saturated heterocycles. The Morgan fingerprint density at radius 1 is 1.18 bits per heavy atom. The largest absolute Gasteiger partial charge is 0.399 e. The fourth-order valence-corrected chi connectivity index (χ4v) is 1.79. The normalized spacial score (nSPS) is 12.1.